The number of carboxylic acid groups (broad SMARTS) is 1. The molecule has 1 aromatic heterocycles. The Hall–Kier alpha value is -1.65. The van der Waals surface area contributed by atoms with E-state index in [4.69, 9.17) is 5.11 Å². The first-order valence-electron chi connectivity index (χ1n) is 3.87. The largest absolute Gasteiger partial charge is 0.477 e. The van der Waals surface area contributed by atoms with Gasteiger partial charge >= 0.3 is 5.97 Å². The summed E-state index contributed by atoms with van der Waals surface area (Å²) in [5.41, 5.74) is -0.492. The molecule has 0 aliphatic rings. The van der Waals surface area contributed by atoms with E-state index < -0.39 is 11.5 Å². The van der Waals surface area contributed by atoms with Crippen LogP contribution in [0.4, 0.5) is 0 Å². The summed E-state index contributed by atoms with van der Waals surface area (Å²) in [6.07, 6.45) is 1.35. The van der Waals surface area contributed by atoms with Gasteiger partial charge in [-0.15, -0.1) is 0 Å². The normalized spacial score (nSPS) is 10.0. The highest BCUT2D eigenvalue weighted by atomic mass is 16.4. The third-order valence-corrected chi connectivity index (χ3v) is 1.78. The zero-order chi connectivity index (χ0) is 10.0. The van der Waals surface area contributed by atoms with Crippen LogP contribution in [0.5, 0.6) is 0 Å². The molecule has 0 radical (unpaired) electrons. The Morgan fingerprint density at radius 2 is 2.31 bits per heavy atom. The number of aryl methyl sites for hydroxylation is 2. The Morgan fingerprint density at radius 3 is 2.77 bits per heavy atom. The maximum absolute atomic E-state index is 11.4. The van der Waals surface area contributed by atoms with Crippen molar-refractivity contribution in [2.45, 2.75) is 20.4 Å². The van der Waals surface area contributed by atoms with Crippen LogP contribution in [0, 0.1) is 6.92 Å². The Morgan fingerprint density at radius 1 is 1.69 bits per heavy atom. The van der Waals surface area contributed by atoms with Gasteiger partial charge in [-0.2, -0.15) is 0 Å². The number of aromatic carboxylic acids is 1. The molecule has 0 aliphatic carbocycles. The molecule has 0 saturated heterocycles. The Balaban J connectivity index is 3.48. The summed E-state index contributed by atoms with van der Waals surface area (Å²) in [5.74, 6) is -1.22. The van der Waals surface area contributed by atoms with Gasteiger partial charge in [0.05, 0.1) is 12.0 Å². The van der Waals surface area contributed by atoms with Crippen LogP contribution in [0.1, 0.15) is 23.0 Å². The van der Waals surface area contributed by atoms with Gasteiger partial charge in [-0.05, 0) is 13.8 Å². The van der Waals surface area contributed by atoms with Gasteiger partial charge in [0, 0.05) is 6.54 Å². The van der Waals surface area contributed by atoms with Crippen molar-refractivity contribution < 1.29 is 9.90 Å². The molecular formula is C8H10N2O3. The molecule has 1 N–H and O–H groups in total. The van der Waals surface area contributed by atoms with Crippen molar-refractivity contribution in [3.8, 4) is 0 Å². The van der Waals surface area contributed by atoms with Crippen molar-refractivity contribution in [2.75, 3.05) is 0 Å². The van der Waals surface area contributed by atoms with Crippen LogP contribution >= 0.6 is 0 Å². The molecule has 0 spiro atoms. The van der Waals surface area contributed by atoms with Crippen molar-refractivity contribution in [2.24, 2.45) is 0 Å². The summed E-state index contributed by atoms with van der Waals surface area (Å²) in [7, 11) is 0. The number of nitrogens with zero attached hydrogens (tertiary/aromatic N) is 2. The first-order valence-corrected chi connectivity index (χ1v) is 3.87. The SMILES string of the molecule is CCn1cnc(C)c(C(=O)O)c1=O. The molecule has 0 saturated carbocycles. The number of carboxylic acids is 1. The highest BCUT2D eigenvalue weighted by Crippen LogP contribution is 1.97. The van der Waals surface area contributed by atoms with E-state index in [1.54, 1.807) is 6.92 Å². The molecule has 0 fully saturated rings. The van der Waals surface area contributed by atoms with Gasteiger partial charge in [0.2, 0.25) is 0 Å². The summed E-state index contributed by atoms with van der Waals surface area (Å²) < 4.78 is 1.26. The molecule has 0 aliphatic heterocycles. The van der Waals surface area contributed by atoms with Gasteiger partial charge in [0.25, 0.3) is 5.56 Å². The molecule has 0 atom stereocenters. The molecular weight excluding hydrogens is 172 g/mol. The van der Waals surface area contributed by atoms with Crippen molar-refractivity contribution >= 4 is 5.97 Å². The second kappa shape index (κ2) is 3.38. The van der Waals surface area contributed by atoms with Crippen LogP contribution < -0.4 is 5.56 Å². The van der Waals surface area contributed by atoms with Crippen LogP contribution in [-0.4, -0.2) is 20.6 Å². The summed E-state index contributed by atoms with van der Waals surface area (Å²) in [5, 5.41) is 8.71. The van der Waals surface area contributed by atoms with E-state index in [-0.39, 0.29) is 11.3 Å². The lowest BCUT2D eigenvalue weighted by Gasteiger charge is -2.03. The van der Waals surface area contributed by atoms with Crippen molar-refractivity contribution in [3.63, 3.8) is 0 Å². The Kier molecular flexibility index (Phi) is 2.46. The minimum absolute atomic E-state index is 0.246. The average Bonchev–Trinajstić information content (AvgIpc) is 2.04. The fourth-order valence-electron chi connectivity index (χ4n) is 1.04. The van der Waals surface area contributed by atoms with Crippen molar-refractivity contribution in [3.05, 3.63) is 27.9 Å². The minimum atomic E-state index is -1.22. The van der Waals surface area contributed by atoms with E-state index in [0.29, 0.717) is 6.54 Å². The first-order chi connectivity index (χ1) is 6.07. The van der Waals surface area contributed by atoms with Crippen molar-refractivity contribution in [1.82, 2.24) is 9.55 Å². The first kappa shape index (κ1) is 9.44. The molecule has 13 heavy (non-hydrogen) atoms. The molecule has 5 nitrogen and oxygen atoms in total. The lowest BCUT2D eigenvalue weighted by Crippen LogP contribution is -2.27. The summed E-state index contributed by atoms with van der Waals surface area (Å²) in [6, 6.07) is 0. The van der Waals surface area contributed by atoms with Gasteiger partial charge in [-0.3, -0.25) is 9.36 Å². The van der Waals surface area contributed by atoms with E-state index in [0.717, 1.165) is 0 Å². The second-order valence-electron chi connectivity index (χ2n) is 2.60. The van der Waals surface area contributed by atoms with E-state index in [9.17, 15) is 9.59 Å². The minimum Gasteiger partial charge on any atom is -0.477 e. The number of carbonyl (C=O) groups is 1. The molecule has 0 bridgehead atoms. The lowest BCUT2D eigenvalue weighted by molar-refractivity contribution is 0.0692. The van der Waals surface area contributed by atoms with Crippen LogP contribution in [0.15, 0.2) is 11.1 Å². The van der Waals surface area contributed by atoms with E-state index in [1.165, 1.54) is 17.8 Å². The smallest absolute Gasteiger partial charge is 0.343 e. The van der Waals surface area contributed by atoms with Gasteiger partial charge in [-0.25, -0.2) is 9.78 Å². The molecule has 0 unspecified atom stereocenters. The molecule has 1 rings (SSSR count). The van der Waals surface area contributed by atoms with Gasteiger partial charge in [0.1, 0.15) is 5.56 Å². The van der Waals surface area contributed by atoms with Gasteiger partial charge < -0.3 is 5.11 Å². The molecule has 5 heteroatoms. The Bertz CT molecular complexity index is 395. The number of hydrogen-bond donors (Lipinski definition) is 1. The number of aromatic nitrogens is 2. The topological polar surface area (TPSA) is 72.2 Å². The van der Waals surface area contributed by atoms with E-state index >= 15 is 0 Å². The molecule has 0 amide bonds. The standard InChI is InChI=1S/C8H10N2O3/c1-3-10-4-9-5(2)6(7(10)11)8(12)13/h4H,3H2,1-2H3,(H,12,13). The van der Waals surface area contributed by atoms with Crippen LogP contribution in [-0.2, 0) is 6.54 Å². The molecule has 1 heterocycles. The number of hydrogen-bond acceptors (Lipinski definition) is 3. The van der Waals surface area contributed by atoms with Crippen LogP contribution in [0.2, 0.25) is 0 Å². The van der Waals surface area contributed by atoms with Gasteiger partial charge in [0.15, 0.2) is 0 Å². The third kappa shape index (κ3) is 1.58. The molecule has 70 valence electrons. The van der Waals surface area contributed by atoms with E-state index in [1.807, 2.05) is 0 Å². The van der Waals surface area contributed by atoms with Crippen LogP contribution in [0.3, 0.4) is 0 Å². The maximum Gasteiger partial charge on any atom is 0.343 e. The quantitative estimate of drug-likeness (QED) is 0.712. The Labute approximate surface area is 74.7 Å². The second-order valence-corrected chi connectivity index (χ2v) is 2.60. The average molecular weight is 182 g/mol. The maximum atomic E-state index is 11.4. The lowest BCUT2D eigenvalue weighted by atomic mass is 10.2. The predicted octanol–water partition coefficient (Wildman–Crippen LogP) is 0.270. The fraction of sp³-hybridized carbons (Fsp3) is 0.375. The van der Waals surface area contributed by atoms with Gasteiger partial charge in [-0.1, -0.05) is 0 Å². The van der Waals surface area contributed by atoms with Crippen LogP contribution in [0.25, 0.3) is 0 Å². The zero-order valence-corrected chi connectivity index (χ0v) is 7.44. The fourth-order valence-corrected chi connectivity index (χ4v) is 1.04. The molecule has 1 aromatic rings. The highest BCUT2D eigenvalue weighted by molar-refractivity contribution is 5.88. The summed E-state index contributed by atoms with van der Waals surface area (Å²) in [6.45, 7) is 3.68. The predicted molar refractivity (Wildman–Crippen MR) is 45.9 cm³/mol. The third-order valence-electron chi connectivity index (χ3n) is 1.78. The zero-order valence-electron chi connectivity index (χ0n) is 7.44. The van der Waals surface area contributed by atoms with E-state index in [2.05, 4.69) is 4.98 Å². The monoisotopic (exact) mass is 182 g/mol. The summed E-state index contributed by atoms with van der Waals surface area (Å²) in [4.78, 5) is 25.9. The number of rotatable bonds is 2. The molecule has 0 aromatic carbocycles. The van der Waals surface area contributed by atoms with Crippen molar-refractivity contribution in [1.29, 1.82) is 0 Å². The summed E-state index contributed by atoms with van der Waals surface area (Å²) >= 11 is 0. The highest BCUT2D eigenvalue weighted by Gasteiger charge is 2.14.